The van der Waals surface area contributed by atoms with E-state index >= 15 is 0 Å². The average Bonchev–Trinajstić information content (AvgIpc) is 2.66. The summed E-state index contributed by atoms with van der Waals surface area (Å²) >= 11 is 0. The number of methoxy groups -OCH3 is 1. The normalized spacial score (nSPS) is 13.7. The van der Waals surface area contributed by atoms with Crippen molar-refractivity contribution in [2.75, 3.05) is 19.0 Å². The van der Waals surface area contributed by atoms with Crippen molar-refractivity contribution in [3.63, 3.8) is 0 Å². The molecule has 1 amide bonds. The third-order valence-corrected chi connectivity index (χ3v) is 5.81. The number of carbonyl (C=O) groups is 1. The molecule has 0 radical (unpaired) electrons. The van der Waals surface area contributed by atoms with Gasteiger partial charge in [-0.2, -0.15) is 0 Å². The summed E-state index contributed by atoms with van der Waals surface area (Å²) in [5.74, 6) is 0.164. The lowest BCUT2D eigenvalue weighted by Crippen LogP contribution is -2.33. The first-order chi connectivity index (χ1) is 12.5. The lowest BCUT2D eigenvalue weighted by molar-refractivity contribution is -0.115. The molecule has 3 rings (SSSR count). The van der Waals surface area contributed by atoms with Crippen molar-refractivity contribution in [3.8, 4) is 5.75 Å². The van der Waals surface area contributed by atoms with Crippen molar-refractivity contribution in [2.24, 2.45) is 0 Å². The molecule has 2 N–H and O–H groups in total. The van der Waals surface area contributed by atoms with Gasteiger partial charge in [-0.05, 0) is 61.1 Å². The van der Waals surface area contributed by atoms with E-state index in [4.69, 9.17) is 4.74 Å². The molecule has 0 saturated heterocycles. The third kappa shape index (κ3) is 4.42. The van der Waals surface area contributed by atoms with Crippen molar-refractivity contribution in [1.82, 2.24) is 4.72 Å². The van der Waals surface area contributed by atoms with E-state index < -0.39 is 15.9 Å². The maximum absolute atomic E-state index is 12.5. The van der Waals surface area contributed by atoms with Crippen molar-refractivity contribution in [2.45, 2.75) is 30.6 Å². The maximum Gasteiger partial charge on any atom is 0.241 e. The van der Waals surface area contributed by atoms with Crippen molar-refractivity contribution < 1.29 is 17.9 Å². The first-order valence-corrected chi connectivity index (χ1v) is 10.0. The van der Waals surface area contributed by atoms with Crippen LogP contribution in [-0.2, 0) is 27.7 Å². The van der Waals surface area contributed by atoms with E-state index in [1.54, 1.807) is 36.4 Å². The van der Waals surface area contributed by atoms with Gasteiger partial charge >= 0.3 is 0 Å². The fourth-order valence-electron chi connectivity index (χ4n) is 3.03. The lowest BCUT2D eigenvalue weighted by Gasteiger charge is -2.16. The molecule has 0 unspecified atom stereocenters. The quantitative estimate of drug-likeness (QED) is 0.814. The first-order valence-electron chi connectivity index (χ1n) is 8.53. The van der Waals surface area contributed by atoms with E-state index in [9.17, 15) is 13.2 Å². The molecular formula is C19H22N2O4S. The number of carbonyl (C=O) groups excluding carboxylic acids is 1. The number of anilines is 1. The van der Waals surface area contributed by atoms with Crippen LogP contribution in [0.15, 0.2) is 47.4 Å². The van der Waals surface area contributed by atoms with Crippen LogP contribution in [0.3, 0.4) is 0 Å². The number of ether oxygens (including phenoxy) is 1. The molecule has 7 heteroatoms. The molecule has 0 aliphatic heterocycles. The van der Waals surface area contributed by atoms with Gasteiger partial charge in [0.25, 0.3) is 0 Å². The minimum Gasteiger partial charge on any atom is -0.497 e. The van der Waals surface area contributed by atoms with E-state index in [0.29, 0.717) is 11.4 Å². The summed E-state index contributed by atoms with van der Waals surface area (Å²) < 4.78 is 32.4. The van der Waals surface area contributed by atoms with E-state index in [-0.39, 0.29) is 11.4 Å². The molecule has 2 aromatic rings. The molecule has 1 aliphatic rings. The summed E-state index contributed by atoms with van der Waals surface area (Å²) in [6, 6.07) is 12.1. The van der Waals surface area contributed by atoms with Gasteiger partial charge in [-0.3, -0.25) is 4.79 Å². The van der Waals surface area contributed by atoms with E-state index in [1.807, 2.05) is 6.07 Å². The molecule has 138 valence electrons. The Hall–Kier alpha value is -2.38. The van der Waals surface area contributed by atoms with Crippen molar-refractivity contribution in [1.29, 1.82) is 0 Å². The highest BCUT2D eigenvalue weighted by molar-refractivity contribution is 7.89. The van der Waals surface area contributed by atoms with Crippen molar-refractivity contribution >= 4 is 21.6 Å². The highest BCUT2D eigenvalue weighted by Crippen LogP contribution is 2.24. The largest absolute Gasteiger partial charge is 0.497 e. The summed E-state index contributed by atoms with van der Waals surface area (Å²) in [6.45, 7) is -0.337. The Balaban J connectivity index is 1.63. The molecule has 0 spiro atoms. The Labute approximate surface area is 153 Å². The van der Waals surface area contributed by atoms with Gasteiger partial charge in [0.15, 0.2) is 0 Å². The fourth-order valence-corrected chi connectivity index (χ4v) is 4.06. The number of hydrogen-bond donors (Lipinski definition) is 2. The van der Waals surface area contributed by atoms with Gasteiger partial charge in [0.1, 0.15) is 5.75 Å². The molecule has 0 heterocycles. The Bertz CT molecular complexity index is 910. The Kier molecular flexibility index (Phi) is 5.58. The second-order valence-corrected chi connectivity index (χ2v) is 8.01. The van der Waals surface area contributed by atoms with Gasteiger partial charge in [0.05, 0.1) is 18.6 Å². The van der Waals surface area contributed by atoms with Crippen LogP contribution in [-0.4, -0.2) is 28.0 Å². The smallest absolute Gasteiger partial charge is 0.241 e. The Morgan fingerprint density at radius 3 is 2.62 bits per heavy atom. The zero-order valence-corrected chi connectivity index (χ0v) is 15.4. The van der Waals surface area contributed by atoms with Gasteiger partial charge in [0, 0.05) is 11.8 Å². The Morgan fingerprint density at radius 1 is 1.08 bits per heavy atom. The molecular weight excluding hydrogens is 352 g/mol. The SMILES string of the molecule is COc1cccc(NC(=O)CNS(=O)(=O)c2ccc3c(c2)CCCC3)c1. The molecule has 1 aliphatic carbocycles. The number of sulfonamides is 1. The maximum atomic E-state index is 12.5. The highest BCUT2D eigenvalue weighted by atomic mass is 32.2. The highest BCUT2D eigenvalue weighted by Gasteiger charge is 2.18. The minimum atomic E-state index is -3.73. The molecule has 6 nitrogen and oxygen atoms in total. The number of fused-ring (bicyclic) bond motifs is 1. The molecule has 0 bridgehead atoms. The van der Waals surface area contributed by atoms with Crippen LogP contribution in [0.1, 0.15) is 24.0 Å². The van der Waals surface area contributed by atoms with E-state index in [2.05, 4.69) is 10.0 Å². The van der Waals surface area contributed by atoms with Gasteiger partial charge in [0.2, 0.25) is 15.9 Å². The predicted molar refractivity (Wildman–Crippen MR) is 99.9 cm³/mol. The number of benzene rings is 2. The number of amides is 1. The van der Waals surface area contributed by atoms with Crippen LogP contribution in [0.5, 0.6) is 5.75 Å². The lowest BCUT2D eigenvalue weighted by atomic mass is 9.92. The molecule has 0 fully saturated rings. The zero-order valence-electron chi connectivity index (χ0n) is 14.6. The Morgan fingerprint density at radius 2 is 1.85 bits per heavy atom. The van der Waals surface area contributed by atoms with Crippen LogP contribution in [0, 0.1) is 0 Å². The van der Waals surface area contributed by atoms with Gasteiger partial charge in [-0.15, -0.1) is 0 Å². The minimum absolute atomic E-state index is 0.201. The second kappa shape index (κ2) is 7.88. The third-order valence-electron chi connectivity index (χ3n) is 4.41. The van der Waals surface area contributed by atoms with E-state index in [1.165, 1.54) is 12.7 Å². The summed E-state index contributed by atoms with van der Waals surface area (Å²) in [7, 11) is -2.19. The molecule has 0 saturated carbocycles. The fraction of sp³-hybridized carbons (Fsp3) is 0.316. The molecule has 2 aromatic carbocycles. The van der Waals surface area contributed by atoms with Gasteiger partial charge in [-0.1, -0.05) is 12.1 Å². The van der Waals surface area contributed by atoms with Gasteiger partial charge in [-0.25, -0.2) is 13.1 Å². The zero-order chi connectivity index (χ0) is 18.6. The van der Waals surface area contributed by atoms with Crippen LogP contribution < -0.4 is 14.8 Å². The van der Waals surface area contributed by atoms with Crippen LogP contribution in [0.4, 0.5) is 5.69 Å². The van der Waals surface area contributed by atoms with Crippen molar-refractivity contribution in [3.05, 3.63) is 53.6 Å². The molecule has 0 aromatic heterocycles. The number of nitrogens with one attached hydrogen (secondary N) is 2. The standard InChI is InChI=1S/C19H22N2O4S/c1-25-17-8-4-7-16(12-17)21-19(22)13-20-26(23,24)18-10-9-14-5-2-3-6-15(14)11-18/h4,7-12,20H,2-3,5-6,13H2,1H3,(H,21,22). The molecule has 26 heavy (non-hydrogen) atoms. The average molecular weight is 374 g/mol. The van der Waals surface area contributed by atoms with Crippen LogP contribution in [0.25, 0.3) is 0 Å². The summed E-state index contributed by atoms with van der Waals surface area (Å²) in [6.07, 6.45) is 4.11. The topological polar surface area (TPSA) is 84.5 Å². The van der Waals surface area contributed by atoms with Crippen LogP contribution >= 0.6 is 0 Å². The second-order valence-electron chi connectivity index (χ2n) is 6.24. The number of aryl methyl sites for hydroxylation is 2. The number of hydrogen-bond acceptors (Lipinski definition) is 4. The van der Waals surface area contributed by atoms with Crippen LogP contribution in [0.2, 0.25) is 0 Å². The summed E-state index contributed by atoms with van der Waals surface area (Å²) in [5.41, 5.74) is 2.84. The van der Waals surface area contributed by atoms with E-state index in [0.717, 1.165) is 31.2 Å². The molecule has 0 atom stereocenters. The number of rotatable bonds is 6. The summed E-state index contributed by atoms with van der Waals surface area (Å²) in [5, 5.41) is 2.64. The predicted octanol–water partition coefficient (Wildman–Crippen LogP) is 2.49. The summed E-state index contributed by atoms with van der Waals surface area (Å²) in [4.78, 5) is 12.2. The van der Waals surface area contributed by atoms with Gasteiger partial charge < -0.3 is 10.1 Å². The monoisotopic (exact) mass is 374 g/mol. The first kappa shape index (κ1) is 18.4.